The standard InChI is InChI=1S/C32H44N2O7.C25H38N2O7/c1-23(34(26-13-14-26)30(36)29-21-33(16-19-39-29)31(37)41-32(2,3)4)25-12-15-27(28(20-25)38-18-9-8-17-35)40-22-24-10-6-5-7-11-24;1-17(18-7-10-20(29)21(15-18)32-13-6-5-12-28)27(19-8-9-19)23(30)22-16-26(11-14-33-22)24(31)34-25(2,3)4/h5-7,10-12,15,20,23,26,29,35H,8-9,13-14,16-19,21-22H2,1-4H3;7,10,15,17,19,22,28-29H,5-6,8-9,11-14,16H2,1-4H3/t23?,29-;17-,22-/m11/s1. The first-order valence-electron chi connectivity index (χ1n) is 26.7. The Labute approximate surface area is 443 Å². The lowest BCUT2D eigenvalue weighted by Crippen LogP contribution is -2.54. The number of amides is 4. The fourth-order valence-corrected chi connectivity index (χ4v) is 8.77. The smallest absolute Gasteiger partial charge is 0.410 e. The first-order valence-corrected chi connectivity index (χ1v) is 26.7. The topological polar surface area (TPSA) is 207 Å². The van der Waals surface area contributed by atoms with E-state index in [9.17, 15) is 24.3 Å². The molecule has 18 heteroatoms. The number of aliphatic hydroxyl groups is 2. The van der Waals surface area contributed by atoms with Gasteiger partial charge in [-0.05, 0) is 148 Å². The Morgan fingerprint density at radius 2 is 1.07 bits per heavy atom. The van der Waals surface area contributed by atoms with Crippen LogP contribution in [0.3, 0.4) is 0 Å². The summed E-state index contributed by atoms with van der Waals surface area (Å²) in [5, 5.41) is 28.3. The van der Waals surface area contributed by atoms with Gasteiger partial charge in [-0.1, -0.05) is 42.5 Å². The van der Waals surface area contributed by atoms with Gasteiger partial charge in [0.15, 0.2) is 35.2 Å². The van der Waals surface area contributed by atoms with Crippen LogP contribution in [0.25, 0.3) is 0 Å². The van der Waals surface area contributed by atoms with Gasteiger partial charge < -0.3 is 68.1 Å². The molecule has 3 aromatic rings. The molecule has 0 aromatic heterocycles. The number of carbonyl (C=O) groups is 4. The Bertz CT molecular complexity index is 2310. The Morgan fingerprint density at radius 1 is 0.613 bits per heavy atom. The molecule has 4 amide bonds. The Hall–Kier alpha value is -5.82. The van der Waals surface area contributed by atoms with Crippen molar-refractivity contribution in [1.82, 2.24) is 19.6 Å². The number of aromatic hydroxyl groups is 1. The lowest BCUT2D eigenvalue weighted by molar-refractivity contribution is -0.152. The maximum Gasteiger partial charge on any atom is 0.410 e. The summed E-state index contributed by atoms with van der Waals surface area (Å²) >= 11 is 0. The molecule has 75 heavy (non-hydrogen) atoms. The van der Waals surface area contributed by atoms with Crippen LogP contribution < -0.4 is 14.2 Å². The third-order valence-electron chi connectivity index (χ3n) is 13.0. The largest absolute Gasteiger partial charge is 0.504 e. The first kappa shape index (κ1) is 58.4. The van der Waals surface area contributed by atoms with Crippen molar-refractivity contribution in [1.29, 1.82) is 0 Å². The van der Waals surface area contributed by atoms with Gasteiger partial charge in [-0.3, -0.25) is 9.59 Å². The van der Waals surface area contributed by atoms with Gasteiger partial charge in [0.25, 0.3) is 11.8 Å². The number of phenolic OH excluding ortho intramolecular Hbond substituents is 1. The molecule has 3 N–H and O–H groups in total. The van der Waals surface area contributed by atoms with Crippen molar-refractivity contribution in [2.24, 2.45) is 0 Å². The van der Waals surface area contributed by atoms with Crippen molar-refractivity contribution < 1.29 is 67.7 Å². The second kappa shape index (κ2) is 27.3. The minimum absolute atomic E-state index is 0.0351. The van der Waals surface area contributed by atoms with Crippen LogP contribution in [0, 0.1) is 0 Å². The molecular weight excluding hydrogens is 965 g/mol. The number of unbranched alkanes of at least 4 members (excludes halogenated alkanes) is 2. The maximum atomic E-state index is 13.8. The molecule has 4 aliphatic rings. The molecule has 2 aliphatic heterocycles. The molecule has 2 aliphatic carbocycles. The molecule has 2 saturated carbocycles. The van der Waals surface area contributed by atoms with Crippen LogP contribution in [0.4, 0.5) is 9.59 Å². The lowest BCUT2D eigenvalue weighted by Gasteiger charge is -2.38. The van der Waals surface area contributed by atoms with Gasteiger partial charge in [0.1, 0.15) is 17.8 Å². The van der Waals surface area contributed by atoms with Gasteiger partial charge in [-0.15, -0.1) is 0 Å². The lowest BCUT2D eigenvalue weighted by atomic mass is 10.0. The SMILES string of the molecule is CC(c1ccc(OCc2ccccc2)c(OCCCCO)c1)N(C(=O)[C@H]1CN(C(=O)OC(C)(C)C)CCO1)C1CC1.C[C@H](c1ccc(O)c(OCCCCO)c1)N(C(=O)[C@H]1CN(C(=O)OC(C)(C)C)CCO1)C1CC1. The third kappa shape index (κ3) is 17.9. The first-order chi connectivity index (χ1) is 35.8. The number of aliphatic hydroxyl groups excluding tert-OH is 2. The van der Waals surface area contributed by atoms with E-state index < -0.39 is 35.6 Å². The minimum atomic E-state index is -0.754. The second-order valence-corrected chi connectivity index (χ2v) is 21.6. The van der Waals surface area contributed by atoms with Gasteiger partial charge in [-0.25, -0.2) is 9.59 Å². The molecule has 1 unspecified atom stereocenters. The van der Waals surface area contributed by atoms with E-state index in [2.05, 4.69) is 0 Å². The van der Waals surface area contributed by atoms with Crippen LogP contribution >= 0.6 is 0 Å². The van der Waals surface area contributed by atoms with Crippen molar-refractivity contribution in [2.45, 2.75) is 161 Å². The van der Waals surface area contributed by atoms with Crippen LogP contribution in [-0.4, -0.2) is 160 Å². The summed E-state index contributed by atoms with van der Waals surface area (Å²) in [6.07, 6.45) is 4.00. The molecule has 0 bridgehead atoms. The van der Waals surface area contributed by atoms with Crippen LogP contribution in [0.15, 0.2) is 66.7 Å². The Morgan fingerprint density at radius 3 is 1.52 bits per heavy atom. The summed E-state index contributed by atoms with van der Waals surface area (Å²) in [5.41, 5.74) is 1.59. The molecule has 0 radical (unpaired) electrons. The molecule has 3 aromatic carbocycles. The predicted octanol–water partition coefficient (Wildman–Crippen LogP) is 8.34. The molecule has 4 fully saturated rings. The highest BCUT2D eigenvalue weighted by Crippen LogP contribution is 2.40. The molecule has 7 rings (SSSR count). The van der Waals surface area contributed by atoms with Crippen molar-refractivity contribution >= 4 is 24.0 Å². The number of rotatable bonds is 21. The van der Waals surface area contributed by atoms with Gasteiger partial charge in [0.05, 0.1) is 51.6 Å². The number of hydrogen-bond donors (Lipinski definition) is 3. The number of carbonyl (C=O) groups excluding carboxylic acids is 4. The molecule has 414 valence electrons. The van der Waals surface area contributed by atoms with E-state index in [1.54, 1.807) is 23.1 Å². The molecule has 4 atom stereocenters. The minimum Gasteiger partial charge on any atom is -0.504 e. The molecule has 2 heterocycles. The number of ether oxygens (including phenoxy) is 7. The molecular formula is C57H82N4O14. The predicted molar refractivity (Wildman–Crippen MR) is 281 cm³/mol. The molecule has 0 spiro atoms. The summed E-state index contributed by atoms with van der Waals surface area (Å²) < 4.78 is 40.6. The maximum absolute atomic E-state index is 13.8. The van der Waals surface area contributed by atoms with Crippen molar-refractivity contribution in [3.05, 3.63) is 83.4 Å². The zero-order valence-corrected chi connectivity index (χ0v) is 45.4. The van der Waals surface area contributed by atoms with E-state index in [0.29, 0.717) is 75.8 Å². The number of hydrogen-bond acceptors (Lipinski definition) is 14. The number of benzene rings is 3. The van der Waals surface area contributed by atoms with Crippen LogP contribution in [-0.2, 0) is 35.1 Å². The highest BCUT2D eigenvalue weighted by Gasteiger charge is 2.44. The highest BCUT2D eigenvalue weighted by molar-refractivity contribution is 5.84. The van der Waals surface area contributed by atoms with E-state index in [-0.39, 0.29) is 81.2 Å². The molecule has 18 nitrogen and oxygen atoms in total. The van der Waals surface area contributed by atoms with Crippen molar-refractivity contribution in [2.75, 3.05) is 65.8 Å². The fourth-order valence-electron chi connectivity index (χ4n) is 8.77. The van der Waals surface area contributed by atoms with E-state index in [1.807, 2.05) is 114 Å². The number of phenols is 1. The average molecular weight is 1050 g/mol. The Balaban J connectivity index is 0.000000248. The van der Waals surface area contributed by atoms with E-state index in [1.165, 1.54) is 4.90 Å². The monoisotopic (exact) mass is 1050 g/mol. The summed E-state index contributed by atoms with van der Waals surface area (Å²) in [4.78, 5) is 59.4. The number of morpholine rings is 2. The fraction of sp³-hybridized carbons (Fsp3) is 0.614. The molecule has 2 saturated heterocycles. The van der Waals surface area contributed by atoms with E-state index >= 15 is 0 Å². The summed E-state index contributed by atoms with van der Waals surface area (Å²) in [5.74, 6) is 1.35. The van der Waals surface area contributed by atoms with E-state index in [0.717, 1.165) is 42.4 Å². The zero-order chi connectivity index (χ0) is 54.3. The zero-order valence-electron chi connectivity index (χ0n) is 45.4. The quantitative estimate of drug-likeness (QED) is 0.0858. The third-order valence-corrected chi connectivity index (χ3v) is 13.0. The average Bonchev–Trinajstić information content (AvgIpc) is 4.34. The number of nitrogens with zero attached hydrogens (tertiary/aromatic N) is 4. The Kier molecular flexibility index (Phi) is 21.3. The van der Waals surface area contributed by atoms with Crippen LogP contribution in [0.5, 0.6) is 23.0 Å². The van der Waals surface area contributed by atoms with Gasteiger partial charge in [-0.2, -0.15) is 0 Å². The van der Waals surface area contributed by atoms with E-state index in [4.69, 9.17) is 43.4 Å². The van der Waals surface area contributed by atoms with Crippen molar-refractivity contribution in [3.8, 4) is 23.0 Å². The highest BCUT2D eigenvalue weighted by atomic mass is 16.6. The van der Waals surface area contributed by atoms with Gasteiger partial charge in [0, 0.05) is 38.4 Å². The van der Waals surface area contributed by atoms with Gasteiger partial charge in [0.2, 0.25) is 0 Å². The summed E-state index contributed by atoms with van der Waals surface area (Å²) in [6.45, 7) is 18.0. The van der Waals surface area contributed by atoms with Crippen LogP contribution in [0.2, 0.25) is 0 Å². The summed E-state index contributed by atoms with van der Waals surface area (Å²) in [6, 6.07) is 20.6. The normalized spacial score (nSPS) is 18.6. The van der Waals surface area contributed by atoms with Gasteiger partial charge >= 0.3 is 12.2 Å². The van der Waals surface area contributed by atoms with Crippen molar-refractivity contribution in [3.63, 3.8) is 0 Å². The van der Waals surface area contributed by atoms with Crippen LogP contribution in [0.1, 0.15) is 136 Å². The summed E-state index contributed by atoms with van der Waals surface area (Å²) in [7, 11) is 0. The second-order valence-electron chi connectivity index (χ2n) is 21.6.